The topological polar surface area (TPSA) is 68.0 Å². The van der Waals surface area contributed by atoms with Crippen molar-refractivity contribution in [3.63, 3.8) is 0 Å². The summed E-state index contributed by atoms with van der Waals surface area (Å²) in [7, 11) is 0. The van der Waals surface area contributed by atoms with Crippen molar-refractivity contribution >= 4 is 28.7 Å². The summed E-state index contributed by atoms with van der Waals surface area (Å²) in [6, 6.07) is 8.69. The molecule has 0 fully saturated rings. The third kappa shape index (κ3) is 3.41. The molecule has 0 saturated carbocycles. The smallest absolute Gasteiger partial charge is 0.335 e. The molecule has 2 aromatic heterocycles. The zero-order valence-electron chi connectivity index (χ0n) is 13.5. The van der Waals surface area contributed by atoms with Gasteiger partial charge in [0.1, 0.15) is 11.3 Å². The molecule has 0 aliphatic heterocycles. The lowest BCUT2D eigenvalue weighted by atomic mass is 10.1. The standard InChI is InChI=1S/C18H18ClN3O2/c1-11(2)7-16-21-15-8-14(19)9-20-17(15)22(16)10-12-3-5-13(6-4-12)18(23)24/h3-6,8-9,11H,7,10H2,1-2H3,(H,23,24). The minimum Gasteiger partial charge on any atom is -0.478 e. The Bertz CT molecular complexity index is 885. The first-order valence-electron chi connectivity index (χ1n) is 7.77. The van der Waals surface area contributed by atoms with Crippen LogP contribution in [-0.2, 0) is 13.0 Å². The lowest BCUT2D eigenvalue weighted by Crippen LogP contribution is -2.09. The van der Waals surface area contributed by atoms with Crippen LogP contribution in [0.4, 0.5) is 0 Å². The molecule has 0 aliphatic carbocycles. The summed E-state index contributed by atoms with van der Waals surface area (Å²) >= 11 is 6.03. The number of carbonyl (C=O) groups is 1. The Morgan fingerprint density at radius 3 is 2.62 bits per heavy atom. The summed E-state index contributed by atoms with van der Waals surface area (Å²) in [5, 5.41) is 9.57. The molecule has 24 heavy (non-hydrogen) atoms. The van der Waals surface area contributed by atoms with Crippen LogP contribution in [0.5, 0.6) is 0 Å². The summed E-state index contributed by atoms with van der Waals surface area (Å²) in [5.74, 6) is 0.494. The van der Waals surface area contributed by atoms with Crippen LogP contribution in [0, 0.1) is 5.92 Å². The van der Waals surface area contributed by atoms with Gasteiger partial charge in [0, 0.05) is 12.6 Å². The predicted molar refractivity (Wildman–Crippen MR) is 93.6 cm³/mol. The fourth-order valence-electron chi connectivity index (χ4n) is 2.66. The van der Waals surface area contributed by atoms with Crippen molar-refractivity contribution in [2.24, 2.45) is 5.92 Å². The molecule has 0 aliphatic rings. The molecule has 0 saturated heterocycles. The molecule has 0 unspecified atom stereocenters. The molecule has 1 aromatic carbocycles. The second kappa shape index (κ2) is 6.61. The van der Waals surface area contributed by atoms with Gasteiger partial charge in [-0.2, -0.15) is 0 Å². The van der Waals surface area contributed by atoms with E-state index in [4.69, 9.17) is 16.7 Å². The van der Waals surface area contributed by atoms with Gasteiger partial charge >= 0.3 is 5.97 Å². The number of benzene rings is 1. The van der Waals surface area contributed by atoms with Crippen molar-refractivity contribution in [3.8, 4) is 0 Å². The Morgan fingerprint density at radius 1 is 1.29 bits per heavy atom. The number of nitrogens with zero attached hydrogens (tertiary/aromatic N) is 3. The molecule has 0 bridgehead atoms. The molecule has 124 valence electrons. The highest BCUT2D eigenvalue weighted by Gasteiger charge is 2.14. The molecule has 3 rings (SSSR count). The second-order valence-corrected chi connectivity index (χ2v) is 6.65. The number of halogens is 1. The Kier molecular flexibility index (Phi) is 4.53. The Labute approximate surface area is 144 Å². The van der Waals surface area contributed by atoms with Crippen molar-refractivity contribution in [1.29, 1.82) is 0 Å². The van der Waals surface area contributed by atoms with Gasteiger partial charge < -0.3 is 9.67 Å². The highest BCUT2D eigenvalue weighted by molar-refractivity contribution is 6.31. The average molecular weight is 344 g/mol. The number of carboxylic acids is 1. The monoisotopic (exact) mass is 343 g/mol. The maximum Gasteiger partial charge on any atom is 0.335 e. The van der Waals surface area contributed by atoms with E-state index in [2.05, 4.69) is 28.4 Å². The zero-order chi connectivity index (χ0) is 17.3. The first kappa shape index (κ1) is 16.5. The van der Waals surface area contributed by atoms with Crippen LogP contribution in [0.1, 0.15) is 35.6 Å². The largest absolute Gasteiger partial charge is 0.478 e. The lowest BCUT2D eigenvalue weighted by Gasteiger charge is -2.10. The first-order valence-corrected chi connectivity index (χ1v) is 8.14. The number of pyridine rings is 1. The number of rotatable bonds is 5. The zero-order valence-corrected chi connectivity index (χ0v) is 14.3. The SMILES string of the molecule is CC(C)Cc1nc2cc(Cl)cnc2n1Cc1ccc(C(=O)O)cc1. The number of carboxylic acid groups (broad SMARTS) is 1. The van der Waals surface area contributed by atoms with E-state index in [1.54, 1.807) is 18.3 Å². The third-order valence-electron chi connectivity index (χ3n) is 3.76. The molecule has 0 amide bonds. The number of aromatic carboxylic acids is 1. The van der Waals surface area contributed by atoms with E-state index in [9.17, 15) is 4.79 Å². The van der Waals surface area contributed by atoms with Crippen LogP contribution in [0.3, 0.4) is 0 Å². The molecule has 1 N–H and O–H groups in total. The van der Waals surface area contributed by atoms with Crippen LogP contribution in [0.15, 0.2) is 36.5 Å². The van der Waals surface area contributed by atoms with Crippen LogP contribution in [-0.4, -0.2) is 25.6 Å². The van der Waals surface area contributed by atoms with Gasteiger partial charge in [-0.15, -0.1) is 0 Å². The fraction of sp³-hybridized carbons (Fsp3) is 0.278. The molecular formula is C18H18ClN3O2. The third-order valence-corrected chi connectivity index (χ3v) is 3.97. The molecule has 0 spiro atoms. The van der Waals surface area contributed by atoms with Gasteiger partial charge in [0.2, 0.25) is 0 Å². The van der Waals surface area contributed by atoms with Gasteiger partial charge in [-0.25, -0.2) is 14.8 Å². The van der Waals surface area contributed by atoms with E-state index >= 15 is 0 Å². The minimum absolute atomic E-state index is 0.279. The summed E-state index contributed by atoms with van der Waals surface area (Å²) in [6.07, 6.45) is 2.45. The minimum atomic E-state index is -0.925. The van der Waals surface area contributed by atoms with Crippen LogP contribution >= 0.6 is 11.6 Å². The normalized spacial score (nSPS) is 11.3. The van der Waals surface area contributed by atoms with Gasteiger partial charge in [-0.3, -0.25) is 0 Å². The van der Waals surface area contributed by atoms with Gasteiger partial charge in [-0.05, 0) is 29.7 Å². The predicted octanol–water partition coefficient (Wildman–Crippen LogP) is 4.03. The number of fused-ring (bicyclic) bond motifs is 1. The number of hydrogen-bond donors (Lipinski definition) is 1. The molecule has 5 nitrogen and oxygen atoms in total. The molecule has 0 radical (unpaired) electrons. The summed E-state index contributed by atoms with van der Waals surface area (Å²) in [6.45, 7) is 4.88. The number of hydrogen-bond acceptors (Lipinski definition) is 3. The van der Waals surface area contributed by atoms with E-state index in [1.807, 2.05) is 18.2 Å². The van der Waals surface area contributed by atoms with Crippen molar-refractivity contribution in [2.75, 3.05) is 0 Å². The van der Waals surface area contributed by atoms with Crippen LogP contribution in [0.2, 0.25) is 5.02 Å². The molecular weight excluding hydrogens is 326 g/mol. The average Bonchev–Trinajstić information content (AvgIpc) is 2.83. The van der Waals surface area contributed by atoms with E-state index in [1.165, 1.54) is 0 Å². The summed E-state index contributed by atoms with van der Waals surface area (Å²) < 4.78 is 2.07. The van der Waals surface area contributed by atoms with E-state index in [0.29, 0.717) is 17.5 Å². The van der Waals surface area contributed by atoms with Crippen molar-refractivity contribution in [2.45, 2.75) is 26.8 Å². The number of imidazole rings is 1. The Morgan fingerprint density at radius 2 is 2.00 bits per heavy atom. The van der Waals surface area contributed by atoms with Crippen molar-refractivity contribution < 1.29 is 9.90 Å². The fourth-order valence-corrected chi connectivity index (χ4v) is 2.81. The van der Waals surface area contributed by atoms with E-state index in [-0.39, 0.29) is 5.56 Å². The quantitative estimate of drug-likeness (QED) is 0.759. The van der Waals surface area contributed by atoms with Gasteiger partial charge in [0.25, 0.3) is 0 Å². The van der Waals surface area contributed by atoms with Crippen molar-refractivity contribution in [3.05, 3.63) is 58.5 Å². The van der Waals surface area contributed by atoms with Gasteiger partial charge in [0.05, 0.1) is 17.1 Å². The van der Waals surface area contributed by atoms with Gasteiger partial charge in [0.15, 0.2) is 5.65 Å². The van der Waals surface area contributed by atoms with Gasteiger partial charge in [-0.1, -0.05) is 37.6 Å². The Balaban J connectivity index is 2.01. The molecule has 0 atom stereocenters. The van der Waals surface area contributed by atoms with E-state index in [0.717, 1.165) is 29.0 Å². The highest BCUT2D eigenvalue weighted by Crippen LogP contribution is 2.21. The number of aromatic nitrogens is 3. The first-order chi connectivity index (χ1) is 11.4. The summed E-state index contributed by atoms with van der Waals surface area (Å²) in [4.78, 5) is 20.1. The molecule has 6 heteroatoms. The molecule has 3 aromatic rings. The Hall–Kier alpha value is -2.40. The maximum atomic E-state index is 11.0. The highest BCUT2D eigenvalue weighted by atomic mass is 35.5. The maximum absolute atomic E-state index is 11.0. The second-order valence-electron chi connectivity index (χ2n) is 6.21. The lowest BCUT2D eigenvalue weighted by molar-refractivity contribution is 0.0697. The van der Waals surface area contributed by atoms with E-state index < -0.39 is 5.97 Å². The van der Waals surface area contributed by atoms with Crippen LogP contribution in [0.25, 0.3) is 11.2 Å². The van der Waals surface area contributed by atoms with Crippen LogP contribution < -0.4 is 0 Å². The van der Waals surface area contributed by atoms with Crippen molar-refractivity contribution in [1.82, 2.24) is 14.5 Å². The molecule has 2 heterocycles. The summed E-state index contributed by atoms with van der Waals surface area (Å²) in [5.41, 5.74) is 2.85.